The summed E-state index contributed by atoms with van der Waals surface area (Å²) in [5, 5.41) is -0.0276. The van der Waals surface area contributed by atoms with Crippen LogP contribution in [0.15, 0.2) is 17.0 Å². The van der Waals surface area contributed by atoms with E-state index in [4.69, 9.17) is 22.3 Å². The molecule has 4 nitrogen and oxygen atoms in total. The first-order chi connectivity index (χ1) is 7.29. The van der Waals surface area contributed by atoms with E-state index in [1.54, 1.807) is 0 Å². The van der Waals surface area contributed by atoms with E-state index in [1.165, 1.54) is 26.2 Å². The maximum atomic E-state index is 11.3. The molecule has 1 aromatic rings. The minimum absolute atomic E-state index is 0.0276. The molecule has 0 atom stereocenters. The van der Waals surface area contributed by atoms with Gasteiger partial charge in [0.25, 0.3) is 9.05 Å². The van der Waals surface area contributed by atoms with Crippen molar-refractivity contribution in [3.63, 3.8) is 0 Å². The summed E-state index contributed by atoms with van der Waals surface area (Å²) in [7, 11) is 2.43. The van der Waals surface area contributed by atoms with E-state index >= 15 is 0 Å². The van der Waals surface area contributed by atoms with Gasteiger partial charge in [0.05, 0.1) is 17.7 Å². The van der Waals surface area contributed by atoms with Crippen molar-refractivity contribution in [1.29, 1.82) is 0 Å². The molecule has 0 bridgehead atoms. The normalized spacial score (nSPS) is 11.2. The van der Waals surface area contributed by atoms with Crippen LogP contribution in [-0.4, -0.2) is 21.5 Å². The monoisotopic (exact) mass is 282 g/mol. The zero-order chi connectivity index (χ0) is 12.5. The van der Waals surface area contributed by atoms with Crippen LogP contribution in [0.4, 0.5) is 0 Å². The third-order valence-electron chi connectivity index (χ3n) is 2.01. The third-order valence-corrected chi connectivity index (χ3v) is 3.91. The molecule has 0 saturated carbocycles. The molecule has 0 spiro atoms. The molecule has 0 aromatic heterocycles. The van der Waals surface area contributed by atoms with Gasteiger partial charge in [-0.25, -0.2) is 13.2 Å². The van der Waals surface area contributed by atoms with Gasteiger partial charge in [0, 0.05) is 10.7 Å². The summed E-state index contributed by atoms with van der Waals surface area (Å²) in [6.07, 6.45) is 0. The Labute approximate surface area is 103 Å². The average Bonchev–Trinajstić information content (AvgIpc) is 2.14. The van der Waals surface area contributed by atoms with Gasteiger partial charge >= 0.3 is 5.97 Å². The molecule has 16 heavy (non-hydrogen) atoms. The lowest BCUT2D eigenvalue weighted by Crippen LogP contribution is -2.07. The fraction of sp³-hybridized carbons (Fsp3) is 0.222. The van der Waals surface area contributed by atoms with Crippen molar-refractivity contribution in [2.75, 3.05) is 7.11 Å². The summed E-state index contributed by atoms with van der Waals surface area (Å²) in [5.74, 6) is -0.643. The molecule has 0 aliphatic rings. The van der Waals surface area contributed by atoms with Crippen molar-refractivity contribution in [2.24, 2.45) is 0 Å². The smallest absolute Gasteiger partial charge is 0.338 e. The Balaban J connectivity index is 3.58. The molecule has 0 aliphatic carbocycles. The third kappa shape index (κ3) is 2.48. The highest BCUT2D eigenvalue weighted by molar-refractivity contribution is 8.13. The first-order valence-corrected chi connectivity index (χ1v) is 6.80. The van der Waals surface area contributed by atoms with Crippen LogP contribution in [-0.2, 0) is 13.8 Å². The molecule has 7 heteroatoms. The van der Waals surface area contributed by atoms with Crippen LogP contribution < -0.4 is 0 Å². The molecular weight excluding hydrogens is 275 g/mol. The summed E-state index contributed by atoms with van der Waals surface area (Å²) in [4.78, 5) is 11.1. The van der Waals surface area contributed by atoms with Crippen LogP contribution in [0.3, 0.4) is 0 Å². The summed E-state index contributed by atoms with van der Waals surface area (Å²) < 4.78 is 27.0. The first kappa shape index (κ1) is 13.3. The first-order valence-electron chi connectivity index (χ1n) is 4.11. The molecule has 88 valence electrons. The van der Waals surface area contributed by atoms with Gasteiger partial charge < -0.3 is 4.74 Å². The minimum atomic E-state index is -4.00. The number of ether oxygens (including phenoxy) is 1. The number of carbonyl (C=O) groups is 1. The van der Waals surface area contributed by atoms with E-state index in [2.05, 4.69) is 4.74 Å². The van der Waals surface area contributed by atoms with Gasteiger partial charge in [-0.05, 0) is 24.6 Å². The number of esters is 1. The van der Waals surface area contributed by atoms with Gasteiger partial charge in [-0.15, -0.1) is 0 Å². The Morgan fingerprint density at radius 1 is 1.38 bits per heavy atom. The van der Waals surface area contributed by atoms with Crippen LogP contribution in [0.25, 0.3) is 0 Å². The van der Waals surface area contributed by atoms with E-state index in [1.807, 2.05) is 0 Å². The molecule has 0 N–H and O–H groups in total. The second kappa shape index (κ2) is 4.61. The summed E-state index contributed by atoms with van der Waals surface area (Å²) >= 11 is 5.72. The lowest BCUT2D eigenvalue weighted by atomic mass is 10.1. The molecule has 0 unspecified atom stereocenters. The molecule has 0 radical (unpaired) electrons. The predicted octanol–water partition coefficient (Wildman–Crippen LogP) is 2.36. The van der Waals surface area contributed by atoms with Crippen LogP contribution in [0.5, 0.6) is 0 Å². The number of hydrogen-bond acceptors (Lipinski definition) is 4. The second-order valence-corrected chi connectivity index (χ2v) is 5.89. The topological polar surface area (TPSA) is 60.4 Å². The standard InChI is InChI=1S/C9H8Cl2O4S/c1-5-6(9(12)15-2)3-4-7(10)8(5)16(11,13)14/h3-4H,1-2H3. The fourth-order valence-corrected chi connectivity index (χ4v) is 3.29. The predicted molar refractivity (Wildman–Crippen MR) is 60.6 cm³/mol. The number of rotatable bonds is 2. The van der Waals surface area contributed by atoms with E-state index in [0.717, 1.165) is 0 Å². The van der Waals surface area contributed by atoms with E-state index in [-0.39, 0.29) is 21.0 Å². The summed E-state index contributed by atoms with van der Waals surface area (Å²) in [5.41, 5.74) is 0.292. The van der Waals surface area contributed by atoms with Crippen LogP contribution in [0.2, 0.25) is 5.02 Å². The van der Waals surface area contributed by atoms with Crippen molar-refractivity contribution in [3.8, 4) is 0 Å². The van der Waals surface area contributed by atoms with Crippen molar-refractivity contribution < 1.29 is 17.9 Å². The Morgan fingerprint density at radius 3 is 2.38 bits per heavy atom. The average molecular weight is 283 g/mol. The Hall–Kier alpha value is -0.780. The van der Waals surface area contributed by atoms with Crippen molar-refractivity contribution in [2.45, 2.75) is 11.8 Å². The Bertz CT molecular complexity index is 537. The Morgan fingerprint density at radius 2 is 1.94 bits per heavy atom. The molecule has 0 saturated heterocycles. The maximum absolute atomic E-state index is 11.3. The number of hydrogen-bond donors (Lipinski definition) is 0. The number of methoxy groups -OCH3 is 1. The number of halogens is 2. The van der Waals surface area contributed by atoms with E-state index in [9.17, 15) is 13.2 Å². The fourth-order valence-electron chi connectivity index (χ4n) is 1.29. The quantitative estimate of drug-likeness (QED) is 0.617. The van der Waals surface area contributed by atoms with Gasteiger partial charge in [0.1, 0.15) is 4.90 Å². The van der Waals surface area contributed by atoms with E-state index < -0.39 is 15.0 Å². The minimum Gasteiger partial charge on any atom is -0.465 e. The number of carbonyl (C=O) groups excluding carboxylic acids is 1. The molecular formula is C9H8Cl2O4S. The van der Waals surface area contributed by atoms with Gasteiger partial charge in [-0.1, -0.05) is 11.6 Å². The highest BCUT2D eigenvalue weighted by Gasteiger charge is 2.22. The molecule has 1 aromatic carbocycles. The maximum Gasteiger partial charge on any atom is 0.338 e. The van der Waals surface area contributed by atoms with Crippen LogP contribution >= 0.6 is 22.3 Å². The number of benzene rings is 1. The van der Waals surface area contributed by atoms with Crippen molar-refractivity contribution >= 4 is 37.3 Å². The van der Waals surface area contributed by atoms with Gasteiger partial charge in [-0.2, -0.15) is 0 Å². The highest BCUT2D eigenvalue weighted by Crippen LogP contribution is 2.30. The molecule has 0 heterocycles. The largest absolute Gasteiger partial charge is 0.465 e. The van der Waals surface area contributed by atoms with Gasteiger partial charge in [0.2, 0.25) is 0 Å². The lowest BCUT2D eigenvalue weighted by Gasteiger charge is -2.09. The molecule has 0 amide bonds. The molecule has 0 aliphatic heterocycles. The van der Waals surface area contributed by atoms with Crippen LogP contribution in [0.1, 0.15) is 15.9 Å². The zero-order valence-electron chi connectivity index (χ0n) is 8.45. The van der Waals surface area contributed by atoms with Gasteiger partial charge in [0.15, 0.2) is 0 Å². The SMILES string of the molecule is COC(=O)c1ccc(Cl)c(S(=O)(=O)Cl)c1C. The Kier molecular flexibility index (Phi) is 3.83. The lowest BCUT2D eigenvalue weighted by molar-refractivity contribution is 0.0599. The molecule has 0 fully saturated rings. The second-order valence-electron chi connectivity index (χ2n) is 2.98. The van der Waals surface area contributed by atoms with Crippen molar-refractivity contribution in [3.05, 3.63) is 28.3 Å². The zero-order valence-corrected chi connectivity index (χ0v) is 10.8. The van der Waals surface area contributed by atoms with E-state index in [0.29, 0.717) is 0 Å². The summed E-state index contributed by atoms with van der Waals surface area (Å²) in [6, 6.07) is 2.67. The molecule has 1 rings (SSSR count). The summed E-state index contributed by atoms with van der Waals surface area (Å²) in [6.45, 7) is 1.44. The van der Waals surface area contributed by atoms with Crippen molar-refractivity contribution in [1.82, 2.24) is 0 Å². The van der Waals surface area contributed by atoms with Gasteiger partial charge in [-0.3, -0.25) is 0 Å². The van der Waals surface area contributed by atoms with Crippen LogP contribution in [0, 0.1) is 6.92 Å². The highest BCUT2D eigenvalue weighted by atomic mass is 35.7.